The predicted octanol–water partition coefficient (Wildman–Crippen LogP) is 2.63. The molecule has 0 saturated carbocycles. The normalized spacial score (nSPS) is 12.1. The minimum atomic E-state index is -1.43. The highest BCUT2D eigenvalue weighted by atomic mass is 17.2. The molecule has 0 saturated heterocycles. The highest BCUT2D eigenvalue weighted by Crippen LogP contribution is 1.99. The van der Waals surface area contributed by atoms with Crippen molar-refractivity contribution in [1.29, 1.82) is 0 Å². The number of hydrogen-bond donors (Lipinski definition) is 1. The summed E-state index contributed by atoms with van der Waals surface area (Å²) in [5.74, 6) is -0.620. The van der Waals surface area contributed by atoms with Crippen molar-refractivity contribution in [2.45, 2.75) is 45.8 Å². The average molecular weight is 320 g/mol. The van der Waals surface area contributed by atoms with Crippen molar-refractivity contribution in [2.75, 3.05) is 19.8 Å². The molecule has 1 unspecified atom stereocenters. The summed E-state index contributed by atoms with van der Waals surface area (Å²) in [7, 11) is 0. The highest BCUT2D eigenvalue weighted by molar-refractivity contribution is 5.81. The molecule has 0 fully saturated rings. The third-order valence-electron chi connectivity index (χ3n) is 2.36. The smallest absolute Gasteiger partial charge is 0.460 e. The van der Waals surface area contributed by atoms with Gasteiger partial charge in [-0.1, -0.05) is 26.2 Å². The lowest BCUT2D eigenvalue weighted by molar-refractivity contribution is -0.249. The van der Waals surface area contributed by atoms with E-state index < -0.39 is 18.4 Å². The van der Waals surface area contributed by atoms with Gasteiger partial charge in [-0.25, -0.2) is 9.59 Å². The molecule has 0 amide bonds. The number of unbranched alkanes of at least 4 members (excludes halogenated alkanes) is 3. The number of carbonyl (C=O) groups excluding carboxylic acids is 1. The fourth-order valence-electron chi connectivity index (χ4n) is 1.34. The largest absolute Gasteiger partial charge is 0.508 e. The molecule has 0 aromatic carbocycles. The maximum Gasteiger partial charge on any atom is 0.508 e. The number of esters is 1. The molecule has 1 atom stereocenters. The standard InChI is InChI=1S/C14H24O8/c1-3-4-5-6-8-20-21-9-7-13(15)19-11-10-18-12(2)22-14(16)17/h7,9,12H,3-6,8,10-11H2,1-2H3,(H,16,17). The highest BCUT2D eigenvalue weighted by Gasteiger charge is 2.07. The summed E-state index contributed by atoms with van der Waals surface area (Å²) in [5, 5.41) is 8.31. The Balaban J connectivity index is 3.45. The second-order valence-electron chi connectivity index (χ2n) is 4.27. The predicted molar refractivity (Wildman–Crippen MR) is 75.8 cm³/mol. The summed E-state index contributed by atoms with van der Waals surface area (Å²) in [6.07, 6.45) is 4.11. The molecule has 0 aliphatic heterocycles. The molecular formula is C14H24O8. The number of carboxylic acid groups (broad SMARTS) is 1. The molecule has 1 N–H and O–H groups in total. The van der Waals surface area contributed by atoms with Gasteiger partial charge < -0.3 is 24.2 Å². The van der Waals surface area contributed by atoms with Gasteiger partial charge in [0.1, 0.15) is 12.9 Å². The molecule has 0 aromatic rings. The van der Waals surface area contributed by atoms with Crippen LogP contribution in [0.4, 0.5) is 4.79 Å². The molecule has 8 nitrogen and oxygen atoms in total. The van der Waals surface area contributed by atoms with Gasteiger partial charge in [0, 0.05) is 0 Å². The van der Waals surface area contributed by atoms with E-state index in [-0.39, 0.29) is 13.2 Å². The van der Waals surface area contributed by atoms with Crippen LogP contribution in [-0.4, -0.2) is 43.3 Å². The number of hydrogen-bond acceptors (Lipinski definition) is 7. The quantitative estimate of drug-likeness (QED) is 0.105. The molecular weight excluding hydrogens is 296 g/mol. The van der Waals surface area contributed by atoms with Crippen LogP contribution in [0.1, 0.15) is 39.5 Å². The van der Waals surface area contributed by atoms with Crippen molar-refractivity contribution in [3.63, 3.8) is 0 Å². The third kappa shape index (κ3) is 14.6. The van der Waals surface area contributed by atoms with Gasteiger partial charge in [-0.2, -0.15) is 4.89 Å². The Hall–Kier alpha value is -1.80. The van der Waals surface area contributed by atoms with Gasteiger partial charge in [-0.05, 0) is 13.3 Å². The second-order valence-corrected chi connectivity index (χ2v) is 4.27. The summed E-state index contributed by atoms with van der Waals surface area (Å²) < 4.78 is 14.0. The molecule has 0 heterocycles. The molecule has 0 bridgehead atoms. The van der Waals surface area contributed by atoms with Crippen LogP contribution < -0.4 is 0 Å². The van der Waals surface area contributed by atoms with Crippen LogP contribution in [0.3, 0.4) is 0 Å². The van der Waals surface area contributed by atoms with Crippen molar-refractivity contribution in [3.05, 3.63) is 12.3 Å². The summed E-state index contributed by atoms with van der Waals surface area (Å²) in [4.78, 5) is 30.9. The zero-order valence-corrected chi connectivity index (χ0v) is 13.0. The number of ether oxygens (including phenoxy) is 3. The maximum atomic E-state index is 11.2. The van der Waals surface area contributed by atoms with Crippen LogP contribution in [0.2, 0.25) is 0 Å². The minimum Gasteiger partial charge on any atom is -0.460 e. The van der Waals surface area contributed by atoms with E-state index in [1.807, 2.05) is 0 Å². The van der Waals surface area contributed by atoms with E-state index >= 15 is 0 Å². The van der Waals surface area contributed by atoms with Gasteiger partial charge in [-0.3, -0.25) is 0 Å². The summed E-state index contributed by atoms with van der Waals surface area (Å²) in [6, 6.07) is 0. The Morgan fingerprint density at radius 3 is 2.59 bits per heavy atom. The van der Waals surface area contributed by atoms with Gasteiger partial charge in [0.15, 0.2) is 0 Å². The van der Waals surface area contributed by atoms with E-state index in [9.17, 15) is 9.59 Å². The third-order valence-corrected chi connectivity index (χ3v) is 2.36. The molecule has 22 heavy (non-hydrogen) atoms. The van der Waals surface area contributed by atoms with E-state index in [1.165, 1.54) is 6.92 Å². The lowest BCUT2D eigenvalue weighted by atomic mass is 10.2. The minimum absolute atomic E-state index is 0.0167. The van der Waals surface area contributed by atoms with Crippen LogP contribution in [0.15, 0.2) is 12.3 Å². The fraction of sp³-hybridized carbons (Fsp3) is 0.714. The first-order valence-electron chi connectivity index (χ1n) is 7.19. The van der Waals surface area contributed by atoms with Crippen LogP contribution in [0.25, 0.3) is 0 Å². The van der Waals surface area contributed by atoms with Crippen molar-refractivity contribution >= 4 is 12.1 Å². The molecule has 128 valence electrons. The first-order valence-corrected chi connectivity index (χ1v) is 7.19. The molecule has 0 aliphatic carbocycles. The Morgan fingerprint density at radius 1 is 1.14 bits per heavy atom. The van der Waals surface area contributed by atoms with E-state index in [4.69, 9.17) is 19.5 Å². The van der Waals surface area contributed by atoms with Gasteiger partial charge in [0.05, 0.1) is 19.3 Å². The van der Waals surface area contributed by atoms with E-state index in [0.29, 0.717) is 6.61 Å². The van der Waals surface area contributed by atoms with Gasteiger partial charge in [0.2, 0.25) is 6.29 Å². The fourth-order valence-corrected chi connectivity index (χ4v) is 1.34. The Morgan fingerprint density at radius 2 is 1.91 bits per heavy atom. The average Bonchev–Trinajstić information content (AvgIpc) is 2.45. The van der Waals surface area contributed by atoms with E-state index in [1.54, 1.807) is 0 Å². The first kappa shape index (κ1) is 20.2. The topological polar surface area (TPSA) is 101 Å². The molecule has 0 aliphatic rings. The van der Waals surface area contributed by atoms with Crippen LogP contribution in [0, 0.1) is 0 Å². The Labute approximate surface area is 129 Å². The molecule has 0 spiro atoms. The SMILES string of the molecule is CCCCCCOOC=CC(=O)OCCOC(C)OC(=O)O. The van der Waals surface area contributed by atoms with Gasteiger partial charge in [-0.15, -0.1) is 0 Å². The van der Waals surface area contributed by atoms with Crippen LogP contribution >= 0.6 is 0 Å². The van der Waals surface area contributed by atoms with Crippen LogP contribution in [-0.2, 0) is 28.8 Å². The Kier molecular flexibility index (Phi) is 13.0. The van der Waals surface area contributed by atoms with Crippen molar-refractivity contribution in [1.82, 2.24) is 0 Å². The molecule has 0 radical (unpaired) electrons. The Bertz CT molecular complexity index is 329. The molecule has 8 heteroatoms. The van der Waals surface area contributed by atoms with Gasteiger partial charge in [0.25, 0.3) is 0 Å². The van der Waals surface area contributed by atoms with Gasteiger partial charge >= 0.3 is 12.1 Å². The second kappa shape index (κ2) is 14.2. The number of carbonyl (C=O) groups is 2. The van der Waals surface area contributed by atoms with Crippen LogP contribution in [0.5, 0.6) is 0 Å². The molecule has 0 rings (SSSR count). The van der Waals surface area contributed by atoms with E-state index in [0.717, 1.165) is 38.0 Å². The lowest BCUT2D eigenvalue weighted by Gasteiger charge is -2.11. The van der Waals surface area contributed by atoms with Crippen molar-refractivity contribution < 1.29 is 38.7 Å². The lowest BCUT2D eigenvalue weighted by Crippen LogP contribution is -2.19. The molecule has 0 aromatic heterocycles. The first-order chi connectivity index (χ1) is 10.6. The summed E-state index contributed by atoms with van der Waals surface area (Å²) in [5.41, 5.74) is 0. The zero-order valence-electron chi connectivity index (χ0n) is 13.0. The monoisotopic (exact) mass is 320 g/mol. The number of rotatable bonds is 13. The maximum absolute atomic E-state index is 11.2. The zero-order chi connectivity index (χ0) is 16.6. The summed E-state index contributed by atoms with van der Waals surface area (Å²) >= 11 is 0. The van der Waals surface area contributed by atoms with E-state index in [2.05, 4.69) is 16.5 Å². The summed E-state index contributed by atoms with van der Waals surface area (Å²) in [6.45, 7) is 3.99. The van der Waals surface area contributed by atoms with Crippen molar-refractivity contribution in [3.8, 4) is 0 Å². The van der Waals surface area contributed by atoms with Crippen molar-refractivity contribution in [2.24, 2.45) is 0 Å².